The summed E-state index contributed by atoms with van der Waals surface area (Å²) in [5, 5.41) is 11.1. The van der Waals surface area contributed by atoms with E-state index in [2.05, 4.69) is 11.4 Å². The maximum absolute atomic E-state index is 11.4. The van der Waals surface area contributed by atoms with Gasteiger partial charge in [0.25, 0.3) is 0 Å². The van der Waals surface area contributed by atoms with Crippen LogP contribution < -0.4 is 5.32 Å². The van der Waals surface area contributed by atoms with Gasteiger partial charge in [0.2, 0.25) is 5.91 Å². The number of nitrogens with one attached hydrogen (secondary N) is 1. The lowest BCUT2D eigenvalue weighted by Gasteiger charge is -2.05. The van der Waals surface area contributed by atoms with E-state index in [1.54, 1.807) is 12.1 Å². The molecule has 1 aliphatic rings. The highest BCUT2D eigenvalue weighted by Crippen LogP contribution is 2.23. The Morgan fingerprint density at radius 3 is 2.62 bits per heavy atom. The number of carbonyl (C=O) groups excluding carboxylic acids is 1. The van der Waals surface area contributed by atoms with Crippen LogP contribution in [0, 0.1) is 11.3 Å². The third-order valence-corrected chi connectivity index (χ3v) is 3.64. The summed E-state index contributed by atoms with van der Waals surface area (Å²) in [5.74, 6) is -0.0284. The number of thioether (sulfide) groups is 1. The van der Waals surface area contributed by atoms with Crippen molar-refractivity contribution in [3.8, 4) is 6.07 Å². The van der Waals surface area contributed by atoms with Crippen LogP contribution >= 0.6 is 24.0 Å². The number of benzene rings is 1. The first-order valence-electron chi connectivity index (χ1n) is 4.69. The van der Waals surface area contributed by atoms with E-state index in [4.69, 9.17) is 17.5 Å². The van der Waals surface area contributed by atoms with Crippen LogP contribution in [0.3, 0.4) is 0 Å². The molecule has 1 fully saturated rings. The lowest BCUT2D eigenvalue weighted by atomic mass is 10.1. The first-order valence-corrected chi connectivity index (χ1v) is 5.98. The summed E-state index contributed by atoms with van der Waals surface area (Å²) in [6, 6.07) is 9.31. The molecule has 1 amide bonds. The smallest absolute Gasteiger partial charge is 0.239 e. The quantitative estimate of drug-likeness (QED) is 0.808. The Bertz CT molecular complexity index is 476. The third-order valence-electron chi connectivity index (χ3n) is 2.27. The summed E-state index contributed by atoms with van der Waals surface area (Å²) in [5.41, 5.74) is 1.67. The highest BCUT2D eigenvalue weighted by Gasteiger charge is 2.28. The second kappa shape index (κ2) is 4.64. The van der Waals surface area contributed by atoms with Crippen LogP contribution in [-0.4, -0.2) is 15.5 Å². The lowest BCUT2D eigenvalue weighted by Crippen LogP contribution is -2.25. The average molecular weight is 248 g/mol. The van der Waals surface area contributed by atoms with Crippen LogP contribution in [0.1, 0.15) is 11.1 Å². The van der Waals surface area contributed by atoms with Gasteiger partial charge in [-0.05, 0) is 24.1 Å². The van der Waals surface area contributed by atoms with Gasteiger partial charge in [-0.15, -0.1) is 0 Å². The van der Waals surface area contributed by atoms with Crippen molar-refractivity contribution in [2.45, 2.75) is 11.7 Å². The van der Waals surface area contributed by atoms with Crippen molar-refractivity contribution in [2.24, 2.45) is 0 Å². The molecule has 1 saturated heterocycles. The molecule has 3 nitrogen and oxygen atoms in total. The van der Waals surface area contributed by atoms with E-state index >= 15 is 0 Å². The predicted molar refractivity (Wildman–Crippen MR) is 67.0 cm³/mol. The van der Waals surface area contributed by atoms with Crippen molar-refractivity contribution >= 4 is 34.2 Å². The molecule has 0 bridgehead atoms. The molecule has 1 N–H and O–H groups in total. The zero-order valence-corrected chi connectivity index (χ0v) is 9.90. The van der Waals surface area contributed by atoms with Crippen molar-refractivity contribution in [3.05, 3.63) is 35.4 Å². The van der Waals surface area contributed by atoms with Gasteiger partial charge in [0, 0.05) is 0 Å². The number of hydrogen-bond acceptors (Lipinski definition) is 4. The molecule has 80 valence electrons. The average Bonchev–Trinajstić information content (AvgIpc) is 2.59. The van der Waals surface area contributed by atoms with Gasteiger partial charge in [0.1, 0.15) is 4.32 Å². The molecule has 0 saturated carbocycles. The minimum Gasteiger partial charge on any atom is -0.311 e. The van der Waals surface area contributed by atoms with Crippen molar-refractivity contribution in [3.63, 3.8) is 0 Å². The van der Waals surface area contributed by atoms with Crippen LogP contribution in [0.2, 0.25) is 0 Å². The van der Waals surface area contributed by atoms with Gasteiger partial charge in [0.05, 0.1) is 16.9 Å². The molecule has 1 aliphatic heterocycles. The van der Waals surface area contributed by atoms with E-state index in [9.17, 15) is 4.79 Å². The minimum atomic E-state index is -0.138. The van der Waals surface area contributed by atoms with Crippen LogP contribution in [0.5, 0.6) is 0 Å². The Morgan fingerprint density at radius 1 is 1.44 bits per heavy atom. The largest absolute Gasteiger partial charge is 0.311 e. The Morgan fingerprint density at radius 2 is 2.12 bits per heavy atom. The Labute approximate surface area is 103 Å². The predicted octanol–water partition coefficient (Wildman–Crippen LogP) is 1.62. The lowest BCUT2D eigenvalue weighted by molar-refractivity contribution is -0.118. The number of amides is 1. The zero-order valence-electron chi connectivity index (χ0n) is 8.27. The van der Waals surface area contributed by atoms with E-state index in [1.165, 1.54) is 11.8 Å². The second-order valence-electron chi connectivity index (χ2n) is 3.40. The Kier molecular flexibility index (Phi) is 3.22. The van der Waals surface area contributed by atoms with Gasteiger partial charge in [-0.25, -0.2) is 0 Å². The first kappa shape index (κ1) is 11.1. The number of thiocarbonyl (C=S) groups is 1. The summed E-state index contributed by atoms with van der Waals surface area (Å²) in [6.07, 6.45) is 0.641. The Balaban J connectivity index is 2.07. The molecule has 0 aromatic heterocycles. The SMILES string of the molecule is N#Cc1ccc(CC2SC(=S)NC2=O)cc1. The molecule has 1 atom stereocenters. The number of nitrogens with zero attached hydrogens (tertiary/aromatic N) is 1. The zero-order chi connectivity index (χ0) is 11.5. The van der Waals surface area contributed by atoms with E-state index in [-0.39, 0.29) is 11.2 Å². The minimum absolute atomic E-state index is 0.0284. The van der Waals surface area contributed by atoms with Crippen LogP contribution in [0.25, 0.3) is 0 Å². The van der Waals surface area contributed by atoms with Crippen molar-refractivity contribution in [2.75, 3.05) is 0 Å². The second-order valence-corrected chi connectivity index (χ2v) is 5.28. The summed E-state index contributed by atoms with van der Waals surface area (Å²) in [6.45, 7) is 0. The van der Waals surface area contributed by atoms with E-state index in [1.807, 2.05) is 12.1 Å². The molecule has 1 unspecified atom stereocenters. The van der Waals surface area contributed by atoms with E-state index in [0.29, 0.717) is 16.3 Å². The maximum Gasteiger partial charge on any atom is 0.239 e. The maximum atomic E-state index is 11.4. The van der Waals surface area contributed by atoms with E-state index < -0.39 is 0 Å². The number of rotatable bonds is 2. The van der Waals surface area contributed by atoms with Crippen LogP contribution in [0.4, 0.5) is 0 Å². The fourth-order valence-corrected chi connectivity index (χ4v) is 2.77. The fraction of sp³-hybridized carbons (Fsp3) is 0.182. The molecule has 0 radical (unpaired) electrons. The molecule has 1 aromatic rings. The molecular formula is C11H8N2OS2. The molecular weight excluding hydrogens is 240 g/mol. The van der Waals surface area contributed by atoms with Crippen molar-refractivity contribution < 1.29 is 4.79 Å². The number of hydrogen-bond donors (Lipinski definition) is 1. The number of carbonyl (C=O) groups is 1. The van der Waals surface area contributed by atoms with Gasteiger partial charge < -0.3 is 5.32 Å². The first-order chi connectivity index (χ1) is 7.69. The summed E-state index contributed by atoms with van der Waals surface area (Å²) in [7, 11) is 0. The van der Waals surface area contributed by atoms with E-state index in [0.717, 1.165) is 5.56 Å². The van der Waals surface area contributed by atoms with Crippen molar-refractivity contribution in [1.29, 1.82) is 5.26 Å². The standard InChI is InChI=1S/C11H8N2OS2/c12-6-8-3-1-7(2-4-8)5-9-10(14)13-11(15)16-9/h1-4,9H,5H2,(H,13,14,15). The monoisotopic (exact) mass is 248 g/mol. The molecule has 1 heterocycles. The highest BCUT2D eigenvalue weighted by molar-refractivity contribution is 8.24. The van der Waals surface area contributed by atoms with Crippen LogP contribution in [0.15, 0.2) is 24.3 Å². The third kappa shape index (κ3) is 2.40. The van der Waals surface area contributed by atoms with Gasteiger partial charge in [-0.3, -0.25) is 4.79 Å². The summed E-state index contributed by atoms with van der Waals surface area (Å²) >= 11 is 6.30. The summed E-state index contributed by atoms with van der Waals surface area (Å²) < 4.78 is 0.545. The van der Waals surface area contributed by atoms with Gasteiger partial charge in [0.15, 0.2) is 0 Å². The number of nitriles is 1. The van der Waals surface area contributed by atoms with Gasteiger partial charge in [-0.2, -0.15) is 5.26 Å². The molecule has 1 aromatic carbocycles. The molecule has 0 spiro atoms. The van der Waals surface area contributed by atoms with Gasteiger partial charge in [-0.1, -0.05) is 36.1 Å². The molecule has 5 heteroatoms. The molecule has 0 aliphatic carbocycles. The normalized spacial score (nSPS) is 19.3. The Hall–Kier alpha value is -1.38. The fourth-order valence-electron chi connectivity index (χ4n) is 1.46. The summed E-state index contributed by atoms with van der Waals surface area (Å²) in [4.78, 5) is 11.4. The highest BCUT2D eigenvalue weighted by atomic mass is 32.2. The topological polar surface area (TPSA) is 52.9 Å². The van der Waals surface area contributed by atoms with Crippen LogP contribution in [-0.2, 0) is 11.2 Å². The molecule has 2 rings (SSSR count). The molecule has 16 heavy (non-hydrogen) atoms. The van der Waals surface area contributed by atoms with Crippen molar-refractivity contribution in [1.82, 2.24) is 5.32 Å². The van der Waals surface area contributed by atoms with Gasteiger partial charge >= 0.3 is 0 Å².